The van der Waals surface area contributed by atoms with Crippen LogP contribution < -0.4 is 0 Å². The van der Waals surface area contributed by atoms with Gasteiger partial charge in [-0.05, 0) is 39.0 Å². The number of carbonyl (C=O) groups is 3. The van der Waals surface area contributed by atoms with Gasteiger partial charge in [-0.25, -0.2) is 9.69 Å². The molecule has 0 saturated carbocycles. The van der Waals surface area contributed by atoms with Crippen LogP contribution in [0.15, 0.2) is 0 Å². The molecule has 0 aliphatic carbocycles. The summed E-state index contributed by atoms with van der Waals surface area (Å²) in [5, 5.41) is 0. The van der Waals surface area contributed by atoms with Crippen LogP contribution in [0.5, 0.6) is 0 Å². The molecule has 128 valence electrons. The van der Waals surface area contributed by atoms with Crippen LogP contribution in [-0.2, 0) is 19.1 Å². The molecule has 2 amide bonds. The van der Waals surface area contributed by atoms with E-state index in [0.29, 0.717) is 12.8 Å². The molecule has 0 spiro atoms. The highest BCUT2D eigenvalue weighted by Gasteiger charge is 2.38. The molecule has 0 aromatic rings. The lowest BCUT2D eigenvalue weighted by Crippen LogP contribution is -2.41. The number of esters is 1. The summed E-state index contributed by atoms with van der Waals surface area (Å²) in [7, 11) is 0. The van der Waals surface area contributed by atoms with Gasteiger partial charge in [-0.2, -0.15) is 0 Å². The number of hydrogen-bond donors (Lipinski definition) is 0. The third-order valence-corrected chi connectivity index (χ3v) is 3.19. The van der Waals surface area contributed by atoms with Crippen LogP contribution in [-0.4, -0.2) is 41.1 Å². The highest BCUT2D eigenvalue weighted by molar-refractivity contribution is 6.03. The van der Waals surface area contributed by atoms with E-state index in [1.54, 1.807) is 0 Å². The maximum Gasteiger partial charge on any atom is 0.417 e. The largest absolute Gasteiger partial charge is 0.460 e. The normalized spacial score (nSPS) is 17.6. The molecule has 0 unspecified atom stereocenters. The van der Waals surface area contributed by atoms with Crippen LogP contribution in [0.3, 0.4) is 0 Å². The summed E-state index contributed by atoms with van der Waals surface area (Å²) in [4.78, 5) is 36.2. The van der Waals surface area contributed by atoms with Crippen LogP contribution in [0.4, 0.5) is 4.79 Å². The molecule has 6 nitrogen and oxygen atoms in total. The summed E-state index contributed by atoms with van der Waals surface area (Å²) >= 11 is 0. The minimum Gasteiger partial charge on any atom is -0.460 e. The first-order valence-corrected chi connectivity index (χ1v) is 7.82. The van der Waals surface area contributed by atoms with Gasteiger partial charge in [-0.3, -0.25) is 9.59 Å². The van der Waals surface area contributed by atoms with Crippen molar-refractivity contribution in [2.45, 2.75) is 65.5 Å². The maximum absolute atomic E-state index is 12.0. The summed E-state index contributed by atoms with van der Waals surface area (Å²) in [6, 6.07) is -0.272. The average molecular weight is 323 g/mol. The number of hydrogen-bond acceptors (Lipinski definition) is 5. The number of amides is 2. The van der Waals surface area contributed by atoms with Crippen LogP contribution in [0, 0.1) is 17.8 Å². The Morgan fingerprint density at radius 3 is 2.61 bits per heavy atom. The Hall–Kier alpha value is -2.03. The lowest BCUT2D eigenvalue weighted by Gasteiger charge is -2.20. The molecule has 1 fully saturated rings. The highest BCUT2D eigenvalue weighted by Crippen LogP contribution is 2.19. The minimum atomic E-state index is -0.642. The van der Waals surface area contributed by atoms with E-state index < -0.39 is 17.6 Å². The minimum absolute atomic E-state index is 0.111. The summed E-state index contributed by atoms with van der Waals surface area (Å²) in [5.41, 5.74) is -0.499. The third-order valence-electron chi connectivity index (χ3n) is 3.19. The zero-order valence-corrected chi connectivity index (χ0v) is 14.5. The fourth-order valence-electron chi connectivity index (χ4n) is 2.07. The Morgan fingerprint density at radius 2 is 2.04 bits per heavy atom. The van der Waals surface area contributed by atoms with E-state index in [0.717, 1.165) is 4.90 Å². The molecular formula is C17H25NO5. The lowest BCUT2D eigenvalue weighted by molar-refractivity contribution is -0.154. The first-order chi connectivity index (χ1) is 10.6. The van der Waals surface area contributed by atoms with Crippen molar-refractivity contribution in [3.8, 4) is 11.8 Å². The van der Waals surface area contributed by atoms with Crippen molar-refractivity contribution in [3.05, 3.63) is 0 Å². The number of ether oxygens (including phenoxy) is 2. The van der Waals surface area contributed by atoms with Gasteiger partial charge in [-0.15, -0.1) is 0 Å². The Balaban J connectivity index is 2.43. The van der Waals surface area contributed by atoms with Crippen LogP contribution >= 0.6 is 0 Å². The summed E-state index contributed by atoms with van der Waals surface area (Å²) in [6.45, 7) is 9.47. The number of imide groups is 1. The van der Waals surface area contributed by atoms with Gasteiger partial charge in [0.1, 0.15) is 12.2 Å². The number of rotatable bonds is 4. The van der Waals surface area contributed by atoms with Gasteiger partial charge in [0.05, 0.1) is 6.04 Å². The van der Waals surface area contributed by atoms with Crippen molar-refractivity contribution in [2.75, 3.05) is 6.61 Å². The van der Waals surface area contributed by atoms with Crippen molar-refractivity contribution < 1.29 is 23.9 Å². The molecule has 1 heterocycles. The molecule has 23 heavy (non-hydrogen) atoms. The van der Waals surface area contributed by atoms with Gasteiger partial charge in [0.2, 0.25) is 0 Å². The average Bonchev–Trinajstić information content (AvgIpc) is 2.78. The molecule has 0 radical (unpaired) electrons. The maximum atomic E-state index is 12.0. The lowest BCUT2D eigenvalue weighted by atomic mass is 10.0. The van der Waals surface area contributed by atoms with Crippen LogP contribution in [0.25, 0.3) is 0 Å². The molecular weight excluding hydrogens is 298 g/mol. The van der Waals surface area contributed by atoms with Crippen molar-refractivity contribution in [2.24, 2.45) is 5.92 Å². The molecule has 0 aromatic heterocycles. The van der Waals surface area contributed by atoms with Gasteiger partial charge < -0.3 is 9.47 Å². The second-order valence-electron chi connectivity index (χ2n) is 6.81. The van der Waals surface area contributed by atoms with Gasteiger partial charge in [0.25, 0.3) is 0 Å². The Morgan fingerprint density at radius 1 is 1.39 bits per heavy atom. The zero-order chi connectivity index (χ0) is 17.6. The monoisotopic (exact) mass is 323 g/mol. The molecule has 1 rings (SSSR count). The number of cyclic esters (lactones) is 1. The molecule has 0 bridgehead atoms. The summed E-state index contributed by atoms with van der Waals surface area (Å²) in [5.74, 6) is 4.42. The SMILES string of the molecule is CC(C)[C@H]1COC(=O)N1C(=O)C#CCCCC(=O)OC(C)(C)C. The van der Waals surface area contributed by atoms with Crippen LogP contribution in [0.2, 0.25) is 0 Å². The van der Waals surface area contributed by atoms with E-state index in [-0.39, 0.29) is 31.0 Å². The van der Waals surface area contributed by atoms with E-state index in [1.165, 1.54) is 0 Å². The number of carbonyl (C=O) groups excluding carboxylic acids is 3. The molecule has 0 N–H and O–H groups in total. The van der Waals surface area contributed by atoms with Gasteiger partial charge >= 0.3 is 18.0 Å². The second kappa shape index (κ2) is 8.00. The van der Waals surface area contributed by atoms with E-state index in [1.807, 2.05) is 34.6 Å². The highest BCUT2D eigenvalue weighted by atomic mass is 16.6. The number of nitrogens with zero attached hydrogens (tertiary/aromatic N) is 1. The van der Waals surface area contributed by atoms with E-state index in [2.05, 4.69) is 11.8 Å². The topological polar surface area (TPSA) is 72.9 Å². The Kier molecular flexibility index (Phi) is 6.62. The summed E-state index contributed by atoms with van der Waals surface area (Å²) in [6.07, 6.45) is 0.505. The van der Waals surface area contributed by atoms with E-state index in [4.69, 9.17) is 9.47 Å². The standard InChI is InChI=1S/C17H25NO5/c1-12(2)13-11-22-16(21)18(13)14(19)9-7-6-8-10-15(20)23-17(3,4)5/h12-13H,6,8,10-11H2,1-5H3/t13-/m1/s1. The molecule has 1 atom stereocenters. The van der Waals surface area contributed by atoms with E-state index in [9.17, 15) is 14.4 Å². The smallest absolute Gasteiger partial charge is 0.417 e. The molecule has 1 saturated heterocycles. The number of unbranched alkanes of at least 4 members (excludes halogenated alkanes) is 1. The quantitative estimate of drug-likeness (QED) is 0.451. The fraction of sp³-hybridized carbons (Fsp3) is 0.706. The Labute approximate surface area is 137 Å². The van der Waals surface area contributed by atoms with Crippen molar-refractivity contribution in [1.82, 2.24) is 4.90 Å². The van der Waals surface area contributed by atoms with E-state index >= 15 is 0 Å². The zero-order valence-electron chi connectivity index (χ0n) is 14.5. The summed E-state index contributed by atoms with van der Waals surface area (Å²) < 4.78 is 10.1. The van der Waals surface area contributed by atoms with Crippen molar-refractivity contribution >= 4 is 18.0 Å². The molecule has 6 heteroatoms. The molecule has 0 aromatic carbocycles. The van der Waals surface area contributed by atoms with Crippen molar-refractivity contribution in [3.63, 3.8) is 0 Å². The first-order valence-electron chi connectivity index (χ1n) is 7.82. The van der Waals surface area contributed by atoms with Crippen molar-refractivity contribution in [1.29, 1.82) is 0 Å². The molecule has 1 aliphatic rings. The second-order valence-corrected chi connectivity index (χ2v) is 6.81. The van der Waals surface area contributed by atoms with Gasteiger partial charge in [0.15, 0.2) is 0 Å². The predicted octanol–water partition coefficient (Wildman–Crippen LogP) is 2.51. The van der Waals surface area contributed by atoms with Crippen LogP contribution in [0.1, 0.15) is 53.9 Å². The first kappa shape index (κ1) is 19.0. The predicted molar refractivity (Wildman–Crippen MR) is 84.3 cm³/mol. The fourth-order valence-corrected chi connectivity index (χ4v) is 2.07. The van der Waals surface area contributed by atoms with Gasteiger partial charge in [0, 0.05) is 12.8 Å². The Bertz CT molecular complexity index is 521. The third kappa shape index (κ3) is 6.31. The molecule has 1 aliphatic heterocycles. The van der Waals surface area contributed by atoms with Gasteiger partial charge in [-0.1, -0.05) is 19.8 Å².